The molecule has 70 valence electrons. The molecule has 0 aromatic rings. The normalized spacial score (nSPS) is 27.9. The molecule has 0 unspecified atom stereocenters. The van der Waals surface area contributed by atoms with Crippen LogP contribution in [-0.2, 0) is 9.59 Å². The van der Waals surface area contributed by atoms with Gasteiger partial charge in [0.15, 0.2) is 0 Å². The lowest BCUT2D eigenvalue weighted by Gasteiger charge is -2.15. The van der Waals surface area contributed by atoms with Crippen LogP contribution in [0, 0.1) is 5.92 Å². The second-order valence-corrected chi connectivity index (χ2v) is 3.53. The van der Waals surface area contributed by atoms with Crippen LogP contribution in [0.4, 0.5) is 0 Å². The van der Waals surface area contributed by atoms with Gasteiger partial charge in [-0.05, 0) is 12.8 Å². The number of amides is 2. The van der Waals surface area contributed by atoms with E-state index in [1.807, 2.05) is 6.08 Å². The second-order valence-electron chi connectivity index (χ2n) is 3.53. The highest BCUT2D eigenvalue weighted by Gasteiger charge is 2.33. The fourth-order valence-electron chi connectivity index (χ4n) is 1.86. The van der Waals surface area contributed by atoms with Crippen molar-refractivity contribution in [3.63, 3.8) is 0 Å². The highest BCUT2D eigenvalue weighted by atomic mass is 16.2. The van der Waals surface area contributed by atoms with E-state index in [-0.39, 0.29) is 24.3 Å². The first kappa shape index (κ1) is 8.29. The van der Waals surface area contributed by atoms with E-state index in [1.54, 1.807) is 7.05 Å². The van der Waals surface area contributed by atoms with Crippen molar-refractivity contribution in [3.05, 3.63) is 11.8 Å². The van der Waals surface area contributed by atoms with Crippen molar-refractivity contribution in [3.8, 4) is 0 Å². The molecule has 4 nitrogen and oxygen atoms in total. The third-order valence-electron chi connectivity index (χ3n) is 2.53. The molecule has 0 aromatic carbocycles. The van der Waals surface area contributed by atoms with Gasteiger partial charge in [-0.15, -0.1) is 0 Å². The average molecular weight is 180 g/mol. The molecule has 1 aliphatic heterocycles. The summed E-state index contributed by atoms with van der Waals surface area (Å²) in [5.41, 5.74) is 0.805. The smallest absolute Gasteiger partial charge is 0.243 e. The zero-order valence-electron chi connectivity index (χ0n) is 7.54. The lowest BCUT2D eigenvalue weighted by molar-refractivity contribution is -0.134. The van der Waals surface area contributed by atoms with Crippen molar-refractivity contribution in [1.82, 2.24) is 10.2 Å². The molecule has 0 radical (unpaired) electrons. The fourth-order valence-corrected chi connectivity index (χ4v) is 1.86. The molecule has 1 fully saturated rings. The first-order valence-corrected chi connectivity index (χ1v) is 4.43. The number of fused-ring (bicyclic) bond motifs is 1. The maximum atomic E-state index is 11.7. The van der Waals surface area contributed by atoms with Gasteiger partial charge in [-0.2, -0.15) is 0 Å². The Kier molecular flexibility index (Phi) is 1.83. The molecule has 1 aliphatic carbocycles. The van der Waals surface area contributed by atoms with Crippen molar-refractivity contribution in [2.45, 2.75) is 12.8 Å². The van der Waals surface area contributed by atoms with Gasteiger partial charge >= 0.3 is 0 Å². The summed E-state index contributed by atoms with van der Waals surface area (Å²) in [7, 11) is 1.67. The van der Waals surface area contributed by atoms with Crippen LogP contribution in [0.15, 0.2) is 11.8 Å². The Balaban J connectivity index is 2.29. The molecule has 0 saturated carbocycles. The average Bonchev–Trinajstić information content (AvgIpc) is 2.47. The quantitative estimate of drug-likeness (QED) is 0.564. The van der Waals surface area contributed by atoms with Crippen molar-refractivity contribution < 1.29 is 9.59 Å². The van der Waals surface area contributed by atoms with Gasteiger partial charge in [0, 0.05) is 12.7 Å². The molecular formula is C9H12N2O2. The minimum Gasteiger partial charge on any atom is -0.336 e. The van der Waals surface area contributed by atoms with Gasteiger partial charge in [-0.25, -0.2) is 0 Å². The Labute approximate surface area is 76.6 Å². The Hall–Kier alpha value is -1.32. The Bertz CT molecular complexity index is 296. The largest absolute Gasteiger partial charge is 0.336 e. The summed E-state index contributed by atoms with van der Waals surface area (Å²) in [6.45, 7) is 0.173. The van der Waals surface area contributed by atoms with Crippen LogP contribution in [0.25, 0.3) is 0 Å². The minimum absolute atomic E-state index is 0.0575. The number of allylic oxidation sites excluding steroid dienone is 1. The van der Waals surface area contributed by atoms with Gasteiger partial charge in [-0.1, -0.05) is 6.08 Å². The van der Waals surface area contributed by atoms with Gasteiger partial charge in [-0.3, -0.25) is 9.59 Å². The molecular weight excluding hydrogens is 168 g/mol. The molecule has 2 aliphatic rings. The standard InChI is InChI=1S/C9H12N2O2/c1-11-5-8(12)10-7-4-2-3-6(7)9(11)13/h4,6H,2-3,5H2,1H3,(H,10,12)/t6-/m0/s1. The van der Waals surface area contributed by atoms with E-state index in [1.165, 1.54) is 4.90 Å². The van der Waals surface area contributed by atoms with Crippen LogP contribution < -0.4 is 5.32 Å². The third kappa shape index (κ3) is 1.32. The Morgan fingerprint density at radius 2 is 2.31 bits per heavy atom. The minimum atomic E-state index is -0.101. The van der Waals surface area contributed by atoms with Gasteiger partial charge < -0.3 is 10.2 Å². The summed E-state index contributed by atoms with van der Waals surface area (Å²) in [5.74, 6) is -0.134. The van der Waals surface area contributed by atoms with Crippen LogP contribution >= 0.6 is 0 Å². The van der Waals surface area contributed by atoms with E-state index in [0.29, 0.717) is 0 Å². The highest BCUT2D eigenvalue weighted by Crippen LogP contribution is 2.26. The van der Waals surface area contributed by atoms with Gasteiger partial charge in [0.1, 0.15) is 0 Å². The lowest BCUT2D eigenvalue weighted by atomic mass is 10.1. The molecule has 1 atom stereocenters. The summed E-state index contributed by atoms with van der Waals surface area (Å²) >= 11 is 0. The monoisotopic (exact) mass is 180 g/mol. The molecule has 1 heterocycles. The topological polar surface area (TPSA) is 49.4 Å². The van der Waals surface area contributed by atoms with E-state index in [9.17, 15) is 9.59 Å². The predicted molar refractivity (Wildman–Crippen MR) is 46.6 cm³/mol. The number of rotatable bonds is 0. The van der Waals surface area contributed by atoms with Crippen LogP contribution in [0.1, 0.15) is 12.8 Å². The van der Waals surface area contributed by atoms with Crippen LogP contribution in [0.5, 0.6) is 0 Å². The van der Waals surface area contributed by atoms with E-state index in [4.69, 9.17) is 0 Å². The summed E-state index contributed by atoms with van der Waals surface area (Å²) < 4.78 is 0. The summed E-state index contributed by atoms with van der Waals surface area (Å²) in [6.07, 6.45) is 3.66. The molecule has 1 saturated heterocycles. The lowest BCUT2D eigenvalue weighted by Crippen LogP contribution is -2.33. The summed E-state index contributed by atoms with van der Waals surface area (Å²) in [4.78, 5) is 24.4. The van der Waals surface area contributed by atoms with Crippen molar-refractivity contribution in [2.75, 3.05) is 13.6 Å². The first-order valence-electron chi connectivity index (χ1n) is 4.43. The number of hydrogen-bond acceptors (Lipinski definition) is 2. The Morgan fingerprint density at radius 1 is 1.54 bits per heavy atom. The molecule has 4 heteroatoms. The van der Waals surface area contributed by atoms with E-state index in [2.05, 4.69) is 5.32 Å². The molecule has 2 rings (SSSR count). The van der Waals surface area contributed by atoms with Gasteiger partial charge in [0.2, 0.25) is 11.8 Å². The number of nitrogens with one attached hydrogen (secondary N) is 1. The molecule has 0 spiro atoms. The number of hydrogen-bond donors (Lipinski definition) is 1. The molecule has 0 aromatic heterocycles. The molecule has 0 bridgehead atoms. The summed E-state index contributed by atoms with van der Waals surface area (Å²) in [6, 6.07) is 0. The van der Waals surface area contributed by atoms with Crippen molar-refractivity contribution in [2.24, 2.45) is 5.92 Å². The van der Waals surface area contributed by atoms with Crippen LogP contribution in [0.3, 0.4) is 0 Å². The Morgan fingerprint density at radius 3 is 3.08 bits per heavy atom. The molecule has 13 heavy (non-hydrogen) atoms. The SMILES string of the molecule is CN1CC(=O)NC2=CCC[C@@H]2C1=O. The fraction of sp³-hybridized carbons (Fsp3) is 0.556. The molecule has 1 N–H and O–H groups in total. The maximum absolute atomic E-state index is 11.7. The number of nitrogens with zero attached hydrogens (tertiary/aromatic N) is 1. The van der Waals surface area contributed by atoms with Crippen LogP contribution in [-0.4, -0.2) is 30.3 Å². The molecule has 2 amide bonds. The summed E-state index contributed by atoms with van der Waals surface area (Å²) in [5, 5.41) is 2.76. The van der Waals surface area contributed by atoms with Gasteiger partial charge in [0.25, 0.3) is 0 Å². The second kappa shape index (κ2) is 2.87. The first-order chi connectivity index (χ1) is 6.18. The highest BCUT2D eigenvalue weighted by molar-refractivity contribution is 5.91. The van der Waals surface area contributed by atoms with E-state index in [0.717, 1.165) is 18.5 Å². The number of carbonyl (C=O) groups excluding carboxylic acids is 2. The van der Waals surface area contributed by atoms with Crippen molar-refractivity contribution >= 4 is 11.8 Å². The van der Waals surface area contributed by atoms with E-state index < -0.39 is 0 Å². The predicted octanol–water partition coefficient (Wildman–Crippen LogP) is -0.132. The van der Waals surface area contributed by atoms with Gasteiger partial charge in [0.05, 0.1) is 12.5 Å². The third-order valence-corrected chi connectivity index (χ3v) is 2.53. The van der Waals surface area contributed by atoms with E-state index >= 15 is 0 Å². The zero-order valence-corrected chi connectivity index (χ0v) is 7.54. The van der Waals surface area contributed by atoms with Crippen molar-refractivity contribution in [1.29, 1.82) is 0 Å². The van der Waals surface area contributed by atoms with Crippen LogP contribution in [0.2, 0.25) is 0 Å². The number of likely N-dealkylation sites (N-methyl/N-ethyl adjacent to an activating group) is 1. The maximum Gasteiger partial charge on any atom is 0.243 e. The number of carbonyl (C=O) groups is 2. The zero-order chi connectivity index (χ0) is 9.42.